The molecule has 1 fully saturated rings. The molecule has 1 aliphatic heterocycles. The van der Waals surface area contributed by atoms with E-state index in [4.69, 9.17) is 0 Å². The summed E-state index contributed by atoms with van der Waals surface area (Å²) in [6, 6.07) is 6.08. The molecule has 0 spiro atoms. The zero-order chi connectivity index (χ0) is 14.5. The van der Waals surface area contributed by atoms with E-state index in [1.54, 1.807) is 12.1 Å². The summed E-state index contributed by atoms with van der Waals surface area (Å²) in [4.78, 5) is 16.6. The van der Waals surface area contributed by atoms with E-state index in [1.807, 2.05) is 11.9 Å². The van der Waals surface area contributed by atoms with Crippen LogP contribution in [-0.4, -0.2) is 48.4 Å². The van der Waals surface area contributed by atoms with Crippen LogP contribution in [0.5, 0.6) is 0 Å². The van der Waals surface area contributed by atoms with Crippen molar-refractivity contribution >= 4 is 5.91 Å². The smallest absolute Gasteiger partial charge is 0.253 e. The van der Waals surface area contributed by atoms with Crippen molar-refractivity contribution in [2.24, 2.45) is 0 Å². The molecule has 0 atom stereocenters. The van der Waals surface area contributed by atoms with Crippen molar-refractivity contribution in [3.8, 4) is 0 Å². The highest BCUT2D eigenvalue weighted by atomic mass is 19.1. The number of nitrogens with zero attached hydrogens (tertiary/aromatic N) is 2. The average molecular weight is 278 g/mol. The Kier molecular flexibility index (Phi) is 5.12. The Morgan fingerprint density at radius 3 is 2.45 bits per heavy atom. The van der Waals surface area contributed by atoms with Gasteiger partial charge in [-0.3, -0.25) is 4.79 Å². The quantitative estimate of drug-likeness (QED) is 0.845. The fraction of sp³-hybridized carbons (Fsp3) is 0.562. The van der Waals surface area contributed by atoms with Gasteiger partial charge >= 0.3 is 0 Å². The third-order valence-corrected chi connectivity index (χ3v) is 4.06. The summed E-state index contributed by atoms with van der Waals surface area (Å²) < 4.78 is 12.9. The summed E-state index contributed by atoms with van der Waals surface area (Å²) >= 11 is 0. The molecule has 0 aliphatic carbocycles. The van der Waals surface area contributed by atoms with Gasteiger partial charge in [0.1, 0.15) is 5.82 Å². The lowest BCUT2D eigenvalue weighted by atomic mass is 10.0. The van der Waals surface area contributed by atoms with E-state index in [0.717, 1.165) is 32.5 Å². The van der Waals surface area contributed by atoms with E-state index in [2.05, 4.69) is 11.8 Å². The predicted molar refractivity (Wildman–Crippen MR) is 78.2 cm³/mol. The first-order chi connectivity index (χ1) is 9.61. The summed E-state index contributed by atoms with van der Waals surface area (Å²) in [5.41, 5.74) is 0.560. The Hall–Kier alpha value is -1.42. The summed E-state index contributed by atoms with van der Waals surface area (Å²) in [5, 5.41) is 0. The topological polar surface area (TPSA) is 23.6 Å². The maximum atomic E-state index is 12.9. The number of carbonyl (C=O) groups excluding carboxylic acids is 1. The molecule has 1 heterocycles. The Morgan fingerprint density at radius 2 is 1.90 bits per heavy atom. The molecule has 0 unspecified atom stereocenters. The van der Waals surface area contributed by atoms with Gasteiger partial charge in [0.2, 0.25) is 0 Å². The van der Waals surface area contributed by atoms with E-state index < -0.39 is 0 Å². The van der Waals surface area contributed by atoms with E-state index in [9.17, 15) is 9.18 Å². The highest BCUT2D eigenvalue weighted by molar-refractivity contribution is 5.94. The molecule has 1 aromatic carbocycles. The standard InChI is InChI=1S/C16H23FN2O/c1-3-10-19-11-8-15(9-12-19)18(2)16(20)13-4-6-14(17)7-5-13/h4-7,15H,3,8-12H2,1-2H3. The van der Waals surface area contributed by atoms with Crippen LogP contribution >= 0.6 is 0 Å². The third-order valence-electron chi connectivity index (χ3n) is 4.06. The van der Waals surface area contributed by atoms with Crippen LogP contribution in [0.2, 0.25) is 0 Å². The third kappa shape index (κ3) is 3.57. The average Bonchev–Trinajstić information content (AvgIpc) is 2.48. The van der Waals surface area contributed by atoms with Crippen LogP contribution in [-0.2, 0) is 0 Å². The number of carbonyl (C=O) groups is 1. The molecule has 0 bridgehead atoms. The first kappa shape index (κ1) is 15.0. The Balaban J connectivity index is 1.93. The maximum Gasteiger partial charge on any atom is 0.253 e. The van der Waals surface area contributed by atoms with Crippen LogP contribution in [0, 0.1) is 5.82 Å². The maximum absolute atomic E-state index is 12.9. The number of hydrogen-bond acceptors (Lipinski definition) is 2. The van der Waals surface area contributed by atoms with Gasteiger partial charge in [0.05, 0.1) is 0 Å². The zero-order valence-corrected chi connectivity index (χ0v) is 12.3. The van der Waals surface area contributed by atoms with Crippen LogP contribution in [0.4, 0.5) is 4.39 Å². The molecule has 110 valence electrons. The number of rotatable bonds is 4. The molecule has 1 amide bonds. The number of benzene rings is 1. The zero-order valence-electron chi connectivity index (χ0n) is 12.3. The van der Waals surface area contributed by atoms with Gasteiger partial charge in [-0.05, 0) is 50.1 Å². The van der Waals surface area contributed by atoms with Gasteiger partial charge in [0.15, 0.2) is 0 Å². The van der Waals surface area contributed by atoms with Crippen molar-refractivity contribution < 1.29 is 9.18 Å². The fourth-order valence-electron chi connectivity index (χ4n) is 2.81. The molecule has 1 aliphatic rings. The molecule has 3 nitrogen and oxygen atoms in total. The minimum Gasteiger partial charge on any atom is -0.339 e. The lowest BCUT2D eigenvalue weighted by molar-refractivity contribution is 0.0642. The number of halogens is 1. The molecule has 0 aromatic heterocycles. The molecule has 20 heavy (non-hydrogen) atoms. The first-order valence-corrected chi connectivity index (χ1v) is 7.37. The van der Waals surface area contributed by atoms with Crippen LogP contribution < -0.4 is 0 Å². The van der Waals surface area contributed by atoms with Crippen molar-refractivity contribution in [1.29, 1.82) is 0 Å². The van der Waals surface area contributed by atoms with Gasteiger partial charge in [0, 0.05) is 31.7 Å². The minimum absolute atomic E-state index is 0.0149. The number of hydrogen-bond donors (Lipinski definition) is 0. The van der Waals surface area contributed by atoms with Gasteiger partial charge in [-0.2, -0.15) is 0 Å². The van der Waals surface area contributed by atoms with Crippen LogP contribution in [0.1, 0.15) is 36.5 Å². The van der Waals surface area contributed by atoms with Gasteiger partial charge in [0.25, 0.3) is 5.91 Å². The SMILES string of the molecule is CCCN1CCC(N(C)C(=O)c2ccc(F)cc2)CC1. The van der Waals surface area contributed by atoms with E-state index in [-0.39, 0.29) is 11.7 Å². The highest BCUT2D eigenvalue weighted by Crippen LogP contribution is 2.18. The van der Waals surface area contributed by atoms with Crippen molar-refractivity contribution in [2.45, 2.75) is 32.2 Å². The summed E-state index contributed by atoms with van der Waals surface area (Å²) in [5.74, 6) is -0.323. The van der Waals surface area contributed by atoms with E-state index in [1.165, 1.54) is 18.6 Å². The van der Waals surface area contributed by atoms with E-state index >= 15 is 0 Å². The number of likely N-dealkylation sites (tertiary alicyclic amines) is 1. The van der Waals surface area contributed by atoms with Gasteiger partial charge in [-0.15, -0.1) is 0 Å². The van der Waals surface area contributed by atoms with Crippen LogP contribution in [0.25, 0.3) is 0 Å². The summed E-state index contributed by atoms with van der Waals surface area (Å²) in [6.45, 7) is 5.44. The fourth-order valence-corrected chi connectivity index (χ4v) is 2.81. The lowest BCUT2D eigenvalue weighted by Gasteiger charge is -2.36. The molecule has 0 N–H and O–H groups in total. The molecule has 1 aromatic rings. The second kappa shape index (κ2) is 6.84. The van der Waals surface area contributed by atoms with Crippen molar-refractivity contribution in [3.05, 3.63) is 35.6 Å². The lowest BCUT2D eigenvalue weighted by Crippen LogP contribution is -2.45. The first-order valence-electron chi connectivity index (χ1n) is 7.37. The second-order valence-electron chi connectivity index (χ2n) is 5.50. The van der Waals surface area contributed by atoms with Crippen molar-refractivity contribution in [1.82, 2.24) is 9.80 Å². The van der Waals surface area contributed by atoms with Gasteiger partial charge < -0.3 is 9.80 Å². The molecule has 2 rings (SSSR count). The Bertz CT molecular complexity index is 438. The molecular weight excluding hydrogens is 255 g/mol. The number of amides is 1. The van der Waals surface area contributed by atoms with E-state index in [0.29, 0.717) is 11.6 Å². The normalized spacial score (nSPS) is 17.1. The summed E-state index contributed by atoms with van der Waals surface area (Å²) in [6.07, 6.45) is 3.21. The molecule has 0 saturated carbocycles. The minimum atomic E-state index is -0.308. The van der Waals surface area contributed by atoms with Crippen molar-refractivity contribution in [2.75, 3.05) is 26.7 Å². The highest BCUT2D eigenvalue weighted by Gasteiger charge is 2.25. The molecular formula is C16H23FN2O. The van der Waals surface area contributed by atoms with Crippen molar-refractivity contribution in [3.63, 3.8) is 0 Å². The Labute approximate surface area is 120 Å². The van der Waals surface area contributed by atoms with Crippen LogP contribution in [0.15, 0.2) is 24.3 Å². The van der Waals surface area contributed by atoms with Crippen LogP contribution in [0.3, 0.4) is 0 Å². The largest absolute Gasteiger partial charge is 0.339 e. The molecule has 4 heteroatoms. The number of piperidine rings is 1. The second-order valence-corrected chi connectivity index (χ2v) is 5.50. The predicted octanol–water partition coefficient (Wildman–Crippen LogP) is 2.77. The van der Waals surface area contributed by atoms with Gasteiger partial charge in [-0.1, -0.05) is 6.92 Å². The monoisotopic (exact) mass is 278 g/mol. The molecule has 0 radical (unpaired) electrons. The summed E-state index contributed by atoms with van der Waals surface area (Å²) in [7, 11) is 1.85. The Morgan fingerprint density at radius 1 is 1.30 bits per heavy atom. The van der Waals surface area contributed by atoms with Gasteiger partial charge in [-0.25, -0.2) is 4.39 Å². The molecule has 1 saturated heterocycles.